The predicted octanol–water partition coefficient (Wildman–Crippen LogP) is 3.11. The standard InChI is InChI=1S/C19H24N2O3/c1-5-21(11-8-15-6-9-20-10-7-15)19(22)16-13-18(24-4)17(23-3)12-14(16)2/h6-7,9-10,12-13H,5,8,11H2,1-4H3. The molecule has 0 aliphatic heterocycles. The average Bonchev–Trinajstić information content (AvgIpc) is 2.62. The molecule has 0 aliphatic carbocycles. The van der Waals surface area contributed by atoms with E-state index in [1.165, 1.54) is 5.56 Å². The van der Waals surface area contributed by atoms with Gasteiger partial charge in [0.2, 0.25) is 0 Å². The number of amides is 1. The van der Waals surface area contributed by atoms with Crippen molar-refractivity contribution < 1.29 is 14.3 Å². The van der Waals surface area contributed by atoms with E-state index in [2.05, 4.69) is 4.98 Å². The number of pyridine rings is 1. The molecule has 2 aromatic rings. The zero-order valence-electron chi connectivity index (χ0n) is 14.7. The maximum Gasteiger partial charge on any atom is 0.254 e. The van der Waals surface area contributed by atoms with Crippen molar-refractivity contribution in [1.82, 2.24) is 9.88 Å². The lowest BCUT2D eigenvalue weighted by Crippen LogP contribution is -2.33. The Hall–Kier alpha value is -2.56. The van der Waals surface area contributed by atoms with Crippen LogP contribution in [0.1, 0.15) is 28.4 Å². The van der Waals surface area contributed by atoms with Crippen molar-refractivity contribution in [3.63, 3.8) is 0 Å². The number of carbonyl (C=O) groups is 1. The van der Waals surface area contributed by atoms with Gasteiger partial charge in [-0.2, -0.15) is 0 Å². The SMILES string of the molecule is CCN(CCc1ccncc1)C(=O)c1cc(OC)c(OC)cc1C. The van der Waals surface area contributed by atoms with Gasteiger partial charge < -0.3 is 14.4 Å². The molecule has 1 aromatic carbocycles. The van der Waals surface area contributed by atoms with Crippen LogP contribution in [0.4, 0.5) is 0 Å². The molecule has 0 bridgehead atoms. The van der Waals surface area contributed by atoms with Crippen LogP contribution >= 0.6 is 0 Å². The number of likely N-dealkylation sites (N-methyl/N-ethyl adjacent to an activating group) is 1. The number of methoxy groups -OCH3 is 2. The summed E-state index contributed by atoms with van der Waals surface area (Å²) in [6, 6.07) is 7.54. The number of hydrogen-bond donors (Lipinski definition) is 0. The zero-order chi connectivity index (χ0) is 17.5. The summed E-state index contributed by atoms with van der Waals surface area (Å²) in [6.45, 7) is 5.21. The summed E-state index contributed by atoms with van der Waals surface area (Å²) in [6.07, 6.45) is 4.34. The molecule has 1 aromatic heterocycles. The largest absolute Gasteiger partial charge is 0.493 e. The highest BCUT2D eigenvalue weighted by Gasteiger charge is 2.19. The molecule has 0 aliphatic rings. The van der Waals surface area contributed by atoms with E-state index in [0.717, 1.165) is 12.0 Å². The van der Waals surface area contributed by atoms with E-state index in [1.54, 1.807) is 32.7 Å². The summed E-state index contributed by atoms with van der Waals surface area (Å²) >= 11 is 0. The van der Waals surface area contributed by atoms with Gasteiger partial charge in [-0.1, -0.05) is 0 Å². The van der Waals surface area contributed by atoms with Crippen LogP contribution in [0.25, 0.3) is 0 Å². The number of rotatable bonds is 7. The van der Waals surface area contributed by atoms with E-state index < -0.39 is 0 Å². The molecule has 2 rings (SSSR count). The highest BCUT2D eigenvalue weighted by atomic mass is 16.5. The van der Waals surface area contributed by atoms with Crippen molar-refractivity contribution in [3.8, 4) is 11.5 Å². The molecular weight excluding hydrogens is 304 g/mol. The minimum atomic E-state index is 0.00464. The lowest BCUT2D eigenvalue weighted by atomic mass is 10.1. The molecule has 128 valence electrons. The molecule has 5 heteroatoms. The Labute approximate surface area is 143 Å². The topological polar surface area (TPSA) is 51.7 Å². The van der Waals surface area contributed by atoms with Gasteiger partial charge in [-0.3, -0.25) is 9.78 Å². The van der Waals surface area contributed by atoms with Gasteiger partial charge in [-0.25, -0.2) is 0 Å². The Morgan fingerprint density at radius 1 is 1.12 bits per heavy atom. The second-order valence-electron chi connectivity index (χ2n) is 5.51. The first-order valence-corrected chi connectivity index (χ1v) is 8.01. The van der Waals surface area contributed by atoms with Gasteiger partial charge in [-0.15, -0.1) is 0 Å². The Balaban J connectivity index is 2.18. The van der Waals surface area contributed by atoms with Gasteiger partial charge >= 0.3 is 0 Å². The molecule has 0 N–H and O–H groups in total. The van der Waals surface area contributed by atoms with E-state index >= 15 is 0 Å². The number of hydrogen-bond acceptors (Lipinski definition) is 4. The first kappa shape index (κ1) is 17.8. The van der Waals surface area contributed by atoms with Crippen LogP contribution in [0.3, 0.4) is 0 Å². The zero-order valence-corrected chi connectivity index (χ0v) is 14.7. The molecule has 0 saturated heterocycles. The number of carbonyl (C=O) groups excluding carboxylic acids is 1. The summed E-state index contributed by atoms with van der Waals surface area (Å²) in [5.41, 5.74) is 2.68. The molecule has 0 atom stereocenters. The van der Waals surface area contributed by atoms with Crippen LogP contribution in [-0.2, 0) is 6.42 Å². The van der Waals surface area contributed by atoms with Crippen molar-refractivity contribution in [1.29, 1.82) is 0 Å². The smallest absolute Gasteiger partial charge is 0.254 e. The molecule has 0 radical (unpaired) electrons. The number of benzene rings is 1. The predicted molar refractivity (Wildman–Crippen MR) is 93.8 cm³/mol. The summed E-state index contributed by atoms with van der Waals surface area (Å²) in [5, 5.41) is 0. The Morgan fingerprint density at radius 2 is 1.75 bits per heavy atom. The fourth-order valence-corrected chi connectivity index (χ4v) is 2.60. The summed E-state index contributed by atoms with van der Waals surface area (Å²) < 4.78 is 10.6. The van der Waals surface area contributed by atoms with Crippen molar-refractivity contribution in [2.24, 2.45) is 0 Å². The minimum Gasteiger partial charge on any atom is -0.493 e. The van der Waals surface area contributed by atoms with Crippen molar-refractivity contribution in [3.05, 3.63) is 53.3 Å². The lowest BCUT2D eigenvalue weighted by Gasteiger charge is -2.22. The number of nitrogens with zero attached hydrogens (tertiary/aromatic N) is 2. The van der Waals surface area contributed by atoms with Crippen molar-refractivity contribution >= 4 is 5.91 Å². The fourth-order valence-electron chi connectivity index (χ4n) is 2.60. The van der Waals surface area contributed by atoms with E-state index in [0.29, 0.717) is 30.2 Å². The van der Waals surface area contributed by atoms with Crippen molar-refractivity contribution in [2.45, 2.75) is 20.3 Å². The second-order valence-corrected chi connectivity index (χ2v) is 5.51. The summed E-state index contributed by atoms with van der Waals surface area (Å²) in [7, 11) is 3.16. The Morgan fingerprint density at radius 3 is 2.33 bits per heavy atom. The molecule has 0 saturated carbocycles. The molecule has 24 heavy (non-hydrogen) atoms. The summed E-state index contributed by atoms with van der Waals surface area (Å²) in [4.78, 5) is 18.8. The van der Waals surface area contributed by atoms with Crippen molar-refractivity contribution in [2.75, 3.05) is 27.3 Å². The lowest BCUT2D eigenvalue weighted by molar-refractivity contribution is 0.0765. The maximum atomic E-state index is 12.9. The van der Waals surface area contributed by atoms with Gasteiger partial charge in [0, 0.05) is 31.0 Å². The third kappa shape index (κ3) is 4.04. The highest BCUT2D eigenvalue weighted by Crippen LogP contribution is 2.30. The van der Waals surface area contributed by atoms with Gasteiger partial charge in [0.1, 0.15) is 0 Å². The van der Waals surface area contributed by atoms with E-state index in [9.17, 15) is 4.79 Å². The molecule has 0 spiro atoms. The number of aromatic nitrogens is 1. The van der Waals surface area contributed by atoms with E-state index in [4.69, 9.17) is 9.47 Å². The normalized spacial score (nSPS) is 10.3. The quantitative estimate of drug-likeness (QED) is 0.784. The van der Waals surface area contributed by atoms with Crippen LogP contribution in [-0.4, -0.2) is 43.1 Å². The number of aryl methyl sites for hydroxylation is 1. The molecule has 1 heterocycles. The first-order chi connectivity index (χ1) is 11.6. The molecule has 0 fully saturated rings. The summed E-state index contributed by atoms with van der Waals surface area (Å²) in [5.74, 6) is 1.20. The minimum absolute atomic E-state index is 0.00464. The first-order valence-electron chi connectivity index (χ1n) is 8.01. The highest BCUT2D eigenvalue weighted by molar-refractivity contribution is 5.96. The number of ether oxygens (including phenoxy) is 2. The van der Waals surface area contributed by atoms with Crippen LogP contribution < -0.4 is 9.47 Å². The molecule has 0 unspecified atom stereocenters. The van der Waals surface area contributed by atoms with Gasteiger partial charge in [0.05, 0.1) is 14.2 Å². The van der Waals surface area contributed by atoms with Gasteiger partial charge in [0.25, 0.3) is 5.91 Å². The van der Waals surface area contributed by atoms with E-state index in [-0.39, 0.29) is 5.91 Å². The van der Waals surface area contributed by atoms with Crippen LogP contribution in [0.2, 0.25) is 0 Å². The van der Waals surface area contributed by atoms with Gasteiger partial charge in [-0.05, 0) is 55.7 Å². The molecule has 5 nitrogen and oxygen atoms in total. The van der Waals surface area contributed by atoms with Gasteiger partial charge in [0.15, 0.2) is 11.5 Å². The van der Waals surface area contributed by atoms with Crippen LogP contribution in [0.5, 0.6) is 11.5 Å². The van der Waals surface area contributed by atoms with Crippen LogP contribution in [0.15, 0.2) is 36.7 Å². The van der Waals surface area contributed by atoms with E-state index in [1.807, 2.05) is 36.9 Å². The van der Waals surface area contributed by atoms with Crippen LogP contribution in [0, 0.1) is 6.92 Å². The fraction of sp³-hybridized carbons (Fsp3) is 0.368. The monoisotopic (exact) mass is 328 g/mol. The third-order valence-electron chi connectivity index (χ3n) is 4.05. The second kappa shape index (κ2) is 8.34. The Bertz CT molecular complexity index is 687. The molecular formula is C19H24N2O3. The average molecular weight is 328 g/mol. The maximum absolute atomic E-state index is 12.9. The molecule has 1 amide bonds. The Kier molecular flexibility index (Phi) is 6.18. The third-order valence-corrected chi connectivity index (χ3v) is 4.05.